The molecule has 1 aliphatic rings. The number of carbonyl (C=O) groups excluding carboxylic acids is 1. The molecule has 2 heterocycles. The normalized spacial score (nSPS) is 18.8. The van der Waals surface area contributed by atoms with Crippen LogP contribution in [0.5, 0.6) is 0 Å². The van der Waals surface area contributed by atoms with Crippen molar-refractivity contribution in [2.45, 2.75) is 77.9 Å². The summed E-state index contributed by atoms with van der Waals surface area (Å²) in [4.78, 5) is 23.4. The Bertz CT molecular complexity index is 590. The standard InChI is InChI=1S/C19H32N4O2/c1-18(2,3)16-20-11-10-15(22-16)23-12-8-7-9-14(23)13-21-17(24)25-19(4,5)6/h10-11,14H,7-9,12-13H2,1-6H3,(H,21,24). The van der Waals surface area contributed by atoms with Gasteiger partial charge in [0.1, 0.15) is 17.2 Å². The predicted molar refractivity (Wildman–Crippen MR) is 100.0 cm³/mol. The number of piperidine rings is 1. The van der Waals surface area contributed by atoms with Crippen molar-refractivity contribution in [3.05, 3.63) is 18.1 Å². The Morgan fingerprint density at radius 2 is 2.00 bits per heavy atom. The van der Waals surface area contributed by atoms with Crippen LogP contribution in [0.2, 0.25) is 0 Å². The second-order valence-corrected chi connectivity index (χ2v) is 8.71. The number of amides is 1. The van der Waals surface area contributed by atoms with Crippen LogP contribution in [0.25, 0.3) is 0 Å². The lowest BCUT2D eigenvalue weighted by atomic mass is 9.95. The Morgan fingerprint density at radius 3 is 2.64 bits per heavy atom. The van der Waals surface area contributed by atoms with Gasteiger partial charge in [-0.25, -0.2) is 14.8 Å². The molecule has 1 N–H and O–H groups in total. The van der Waals surface area contributed by atoms with Crippen molar-refractivity contribution in [2.75, 3.05) is 18.0 Å². The molecule has 6 heteroatoms. The van der Waals surface area contributed by atoms with Crippen LogP contribution in [0, 0.1) is 0 Å². The van der Waals surface area contributed by atoms with Crippen LogP contribution in [0.3, 0.4) is 0 Å². The number of aromatic nitrogens is 2. The third-order valence-corrected chi connectivity index (χ3v) is 4.11. The number of nitrogens with zero attached hydrogens (tertiary/aromatic N) is 3. The molecule has 0 radical (unpaired) electrons. The van der Waals surface area contributed by atoms with Crippen molar-refractivity contribution in [2.24, 2.45) is 0 Å². The van der Waals surface area contributed by atoms with Crippen molar-refractivity contribution < 1.29 is 9.53 Å². The van der Waals surface area contributed by atoms with Crippen molar-refractivity contribution in [1.82, 2.24) is 15.3 Å². The number of hydrogen-bond donors (Lipinski definition) is 1. The summed E-state index contributed by atoms with van der Waals surface area (Å²) in [6, 6.07) is 2.19. The maximum Gasteiger partial charge on any atom is 0.407 e. The second kappa shape index (κ2) is 7.58. The molecular weight excluding hydrogens is 316 g/mol. The SMILES string of the molecule is CC(C)(C)OC(=O)NCC1CCCCN1c1ccnc(C(C)(C)C)n1. The van der Waals surface area contributed by atoms with Gasteiger partial charge in [0.25, 0.3) is 0 Å². The van der Waals surface area contributed by atoms with E-state index in [1.807, 2.05) is 33.0 Å². The van der Waals surface area contributed by atoms with E-state index in [0.717, 1.165) is 37.4 Å². The van der Waals surface area contributed by atoms with Crippen molar-refractivity contribution in [3.8, 4) is 0 Å². The average Bonchev–Trinajstić information content (AvgIpc) is 2.51. The summed E-state index contributed by atoms with van der Waals surface area (Å²) in [5, 5.41) is 2.91. The lowest BCUT2D eigenvalue weighted by Gasteiger charge is -2.37. The Labute approximate surface area is 151 Å². The van der Waals surface area contributed by atoms with Crippen LogP contribution >= 0.6 is 0 Å². The van der Waals surface area contributed by atoms with E-state index < -0.39 is 5.60 Å². The molecule has 0 spiro atoms. The number of rotatable bonds is 3. The summed E-state index contributed by atoms with van der Waals surface area (Å²) in [6.07, 6.45) is 4.79. The molecule has 1 aliphatic heterocycles. The summed E-state index contributed by atoms with van der Waals surface area (Å²) in [6.45, 7) is 13.5. The topological polar surface area (TPSA) is 67.3 Å². The van der Waals surface area contributed by atoms with Gasteiger partial charge in [0, 0.05) is 30.7 Å². The molecule has 25 heavy (non-hydrogen) atoms. The van der Waals surface area contributed by atoms with Crippen molar-refractivity contribution in [1.29, 1.82) is 0 Å². The second-order valence-electron chi connectivity index (χ2n) is 8.71. The number of carbonyl (C=O) groups is 1. The smallest absolute Gasteiger partial charge is 0.407 e. The minimum Gasteiger partial charge on any atom is -0.444 e. The first-order chi connectivity index (χ1) is 11.6. The number of hydrogen-bond acceptors (Lipinski definition) is 5. The highest BCUT2D eigenvalue weighted by molar-refractivity contribution is 5.67. The van der Waals surface area contributed by atoms with E-state index >= 15 is 0 Å². The van der Waals surface area contributed by atoms with Gasteiger partial charge in [-0.3, -0.25) is 0 Å². The third kappa shape index (κ3) is 5.87. The molecular formula is C19H32N4O2. The van der Waals surface area contributed by atoms with Crippen LogP contribution in [0.1, 0.15) is 66.6 Å². The van der Waals surface area contributed by atoms with Crippen LogP contribution in [0.15, 0.2) is 12.3 Å². The maximum atomic E-state index is 12.0. The van der Waals surface area contributed by atoms with Crippen molar-refractivity contribution in [3.63, 3.8) is 0 Å². The molecule has 1 fully saturated rings. The Morgan fingerprint density at radius 1 is 1.28 bits per heavy atom. The molecule has 1 saturated heterocycles. The lowest BCUT2D eigenvalue weighted by molar-refractivity contribution is 0.0523. The number of anilines is 1. The maximum absolute atomic E-state index is 12.0. The molecule has 0 saturated carbocycles. The molecule has 2 rings (SSSR count). The van der Waals surface area contributed by atoms with E-state index in [1.165, 1.54) is 0 Å². The molecule has 6 nitrogen and oxygen atoms in total. The molecule has 1 amide bonds. The average molecular weight is 348 g/mol. The van der Waals surface area contributed by atoms with E-state index in [9.17, 15) is 4.79 Å². The fraction of sp³-hybridized carbons (Fsp3) is 0.737. The number of ether oxygens (including phenoxy) is 1. The summed E-state index contributed by atoms with van der Waals surface area (Å²) >= 11 is 0. The quantitative estimate of drug-likeness (QED) is 0.903. The van der Waals surface area contributed by atoms with Gasteiger partial charge in [0.2, 0.25) is 0 Å². The van der Waals surface area contributed by atoms with Gasteiger partial charge in [-0.2, -0.15) is 0 Å². The molecule has 1 aromatic rings. The molecule has 1 unspecified atom stereocenters. The van der Waals surface area contributed by atoms with Gasteiger partial charge in [-0.1, -0.05) is 20.8 Å². The van der Waals surface area contributed by atoms with E-state index in [0.29, 0.717) is 6.54 Å². The van der Waals surface area contributed by atoms with Crippen LogP contribution in [0.4, 0.5) is 10.6 Å². The van der Waals surface area contributed by atoms with Crippen LogP contribution in [-0.2, 0) is 10.2 Å². The van der Waals surface area contributed by atoms with Gasteiger partial charge < -0.3 is 15.0 Å². The molecule has 140 valence electrons. The zero-order valence-corrected chi connectivity index (χ0v) is 16.4. The first kappa shape index (κ1) is 19.5. The minimum absolute atomic E-state index is 0.0872. The molecule has 0 aliphatic carbocycles. The van der Waals surface area contributed by atoms with E-state index in [-0.39, 0.29) is 17.6 Å². The highest BCUT2D eigenvalue weighted by Gasteiger charge is 2.26. The van der Waals surface area contributed by atoms with Gasteiger partial charge in [0.15, 0.2) is 0 Å². The van der Waals surface area contributed by atoms with Crippen molar-refractivity contribution >= 4 is 11.9 Å². The van der Waals surface area contributed by atoms with Crippen LogP contribution in [-0.4, -0.2) is 40.8 Å². The fourth-order valence-corrected chi connectivity index (χ4v) is 2.90. The third-order valence-electron chi connectivity index (χ3n) is 4.11. The Hall–Kier alpha value is -1.85. The number of alkyl carbamates (subject to hydrolysis) is 1. The Balaban J connectivity index is 2.07. The first-order valence-electron chi connectivity index (χ1n) is 9.13. The van der Waals surface area contributed by atoms with Gasteiger partial charge in [-0.05, 0) is 46.1 Å². The minimum atomic E-state index is -0.482. The van der Waals surface area contributed by atoms with Gasteiger partial charge >= 0.3 is 6.09 Å². The summed E-state index contributed by atoms with van der Waals surface area (Å²) in [7, 11) is 0. The van der Waals surface area contributed by atoms with Gasteiger partial charge in [-0.15, -0.1) is 0 Å². The monoisotopic (exact) mass is 348 g/mol. The van der Waals surface area contributed by atoms with E-state index in [1.54, 1.807) is 0 Å². The van der Waals surface area contributed by atoms with E-state index in [2.05, 4.69) is 36.0 Å². The highest BCUT2D eigenvalue weighted by Crippen LogP contribution is 2.25. The fourth-order valence-electron chi connectivity index (χ4n) is 2.90. The van der Waals surface area contributed by atoms with Gasteiger partial charge in [0.05, 0.1) is 0 Å². The zero-order valence-electron chi connectivity index (χ0n) is 16.4. The molecule has 0 aromatic carbocycles. The summed E-state index contributed by atoms with van der Waals surface area (Å²) < 4.78 is 5.34. The largest absolute Gasteiger partial charge is 0.444 e. The molecule has 1 atom stereocenters. The van der Waals surface area contributed by atoms with Crippen LogP contribution < -0.4 is 10.2 Å². The highest BCUT2D eigenvalue weighted by atomic mass is 16.6. The predicted octanol–water partition coefficient (Wildman–Crippen LogP) is 3.66. The Kier molecular flexibility index (Phi) is 5.91. The molecule has 0 bridgehead atoms. The summed E-state index contributed by atoms with van der Waals surface area (Å²) in [5.41, 5.74) is -0.569. The van der Waals surface area contributed by atoms with E-state index in [4.69, 9.17) is 9.72 Å². The zero-order chi connectivity index (χ0) is 18.7. The first-order valence-corrected chi connectivity index (χ1v) is 9.13. The summed E-state index contributed by atoms with van der Waals surface area (Å²) in [5.74, 6) is 1.78. The molecule has 1 aromatic heterocycles. The lowest BCUT2D eigenvalue weighted by Crippen LogP contribution is -2.48. The number of nitrogens with one attached hydrogen (secondary N) is 1.